The van der Waals surface area contributed by atoms with E-state index >= 15 is 0 Å². The van der Waals surface area contributed by atoms with Gasteiger partial charge in [-0.25, -0.2) is 9.37 Å². The summed E-state index contributed by atoms with van der Waals surface area (Å²) >= 11 is 0. The number of nitrogens with zero attached hydrogens (tertiary/aromatic N) is 2. The maximum atomic E-state index is 13.2. The Morgan fingerprint density at radius 2 is 1.89 bits per heavy atom. The number of aromatic hydroxyl groups is 1. The lowest BCUT2D eigenvalue weighted by molar-refractivity contribution is 0.475. The molecule has 4 heteroatoms. The fourth-order valence-corrected chi connectivity index (χ4v) is 2.18. The van der Waals surface area contributed by atoms with Gasteiger partial charge in [-0.05, 0) is 29.8 Å². The van der Waals surface area contributed by atoms with Crippen LogP contribution < -0.4 is 0 Å². The Labute approximate surface area is 109 Å². The number of hydrogen-bond donors (Lipinski definition) is 1. The molecule has 2 aromatic carbocycles. The lowest BCUT2D eigenvalue weighted by Gasteiger charge is -2.03. The number of aryl methyl sites for hydroxylation is 1. The van der Waals surface area contributed by atoms with Gasteiger partial charge in [-0.2, -0.15) is 0 Å². The van der Waals surface area contributed by atoms with E-state index in [9.17, 15) is 9.50 Å². The molecule has 3 nitrogen and oxygen atoms in total. The second-order valence-electron chi connectivity index (χ2n) is 4.56. The van der Waals surface area contributed by atoms with Gasteiger partial charge in [-0.3, -0.25) is 0 Å². The van der Waals surface area contributed by atoms with Crippen LogP contribution in [0.1, 0.15) is 11.4 Å². The quantitative estimate of drug-likeness (QED) is 0.765. The lowest BCUT2D eigenvalue weighted by atomic mass is 10.1. The van der Waals surface area contributed by atoms with Crippen LogP contribution in [0, 0.1) is 5.82 Å². The first-order valence-electron chi connectivity index (χ1n) is 6.02. The van der Waals surface area contributed by atoms with E-state index in [4.69, 9.17) is 0 Å². The summed E-state index contributed by atoms with van der Waals surface area (Å²) in [6, 6.07) is 11.6. The third-order valence-corrected chi connectivity index (χ3v) is 3.23. The molecule has 0 atom stereocenters. The number of benzene rings is 2. The average molecular weight is 256 g/mol. The van der Waals surface area contributed by atoms with Gasteiger partial charge in [0.15, 0.2) is 0 Å². The van der Waals surface area contributed by atoms with Crippen molar-refractivity contribution in [3.63, 3.8) is 0 Å². The predicted octanol–water partition coefficient (Wildman–Crippen LogP) is 3.01. The number of halogens is 1. The summed E-state index contributed by atoms with van der Waals surface area (Å²) in [7, 11) is 1.92. The van der Waals surface area contributed by atoms with E-state index in [2.05, 4.69) is 4.98 Å². The smallest absolute Gasteiger partial charge is 0.125 e. The summed E-state index contributed by atoms with van der Waals surface area (Å²) < 4.78 is 15.1. The summed E-state index contributed by atoms with van der Waals surface area (Å²) in [4.78, 5) is 4.45. The van der Waals surface area contributed by atoms with Gasteiger partial charge in [0, 0.05) is 19.5 Å². The number of fused-ring (bicyclic) bond motifs is 1. The number of phenolic OH excluding ortho intramolecular Hbond substituents is 1. The van der Waals surface area contributed by atoms with Crippen LogP contribution in [0.2, 0.25) is 0 Å². The first-order chi connectivity index (χ1) is 9.13. The van der Waals surface area contributed by atoms with Crippen LogP contribution in [-0.4, -0.2) is 14.7 Å². The number of hydrogen-bond acceptors (Lipinski definition) is 2. The third-order valence-electron chi connectivity index (χ3n) is 3.23. The summed E-state index contributed by atoms with van der Waals surface area (Å²) in [5, 5.41) is 9.26. The molecule has 0 fully saturated rings. The molecule has 3 rings (SSSR count). The van der Waals surface area contributed by atoms with Crippen LogP contribution in [0.25, 0.3) is 11.0 Å². The lowest BCUT2D eigenvalue weighted by Crippen LogP contribution is -1.98. The maximum Gasteiger partial charge on any atom is 0.125 e. The average Bonchev–Trinajstić information content (AvgIpc) is 2.68. The molecule has 0 unspecified atom stereocenters. The van der Waals surface area contributed by atoms with Crippen LogP contribution in [0.4, 0.5) is 4.39 Å². The molecule has 0 saturated heterocycles. The first-order valence-corrected chi connectivity index (χ1v) is 6.02. The van der Waals surface area contributed by atoms with Crippen LogP contribution in [0.3, 0.4) is 0 Å². The maximum absolute atomic E-state index is 13.2. The number of phenols is 1. The second kappa shape index (κ2) is 4.39. The fourth-order valence-electron chi connectivity index (χ4n) is 2.18. The van der Waals surface area contributed by atoms with Crippen molar-refractivity contribution >= 4 is 11.0 Å². The zero-order valence-corrected chi connectivity index (χ0v) is 10.5. The van der Waals surface area contributed by atoms with Gasteiger partial charge in [-0.1, -0.05) is 12.1 Å². The van der Waals surface area contributed by atoms with E-state index < -0.39 is 0 Å². The normalized spacial score (nSPS) is 11.1. The molecule has 0 amide bonds. The fraction of sp³-hybridized carbons (Fsp3) is 0.133. The topological polar surface area (TPSA) is 38.0 Å². The molecule has 0 aliphatic heterocycles. The minimum atomic E-state index is -0.276. The Kier molecular flexibility index (Phi) is 2.71. The first kappa shape index (κ1) is 11.7. The van der Waals surface area contributed by atoms with Crippen molar-refractivity contribution in [3.8, 4) is 5.75 Å². The molecule has 0 spiro atoms. The van der Waals surface area contributed by atoms with E-state index in [-0.39, 0.29) is 11.6 Å². The molecule has 0 bridgehead atoms. The minimum absolute atomic E-state index is 0.246. The van der Waals surface area contributed by atoms with Crippen molar-refractivity contribution in [3.05, 3.63) is 59.7 Å². The second-order valence-corrected chi connectivity index (χ2v) is 4.56. The standard InChI is InChI=1S/C15H13FN2O/c1-18-14-7-4-11(16)9-13(14)17-15(18)8-10-2-5-12(19)6-3-10/h2-7,9,19H,8H2,1H3. The zero-order valence-electron chi connectivity index (χ0n) is 10.5. The van der Waals surface area contributed by atoms with Crippen LogP contribution in [-0.2, 0) is 13.5 Å². The molecule has 96 valence electrons. The number of aromatic nitrogens is 2. The highest BCUT2D eigenvalue weighted by atomic mass is 19.1. The monoisotopic (exact) mass is 256 g/mol. The summed E-state index contributed by atoms with van der Waals surface area (Å²) in [6.45, 7) is 0. The van der Waals surface area contributed by atoms with Crippen molar-refractivity contribution in [2.45, 2.75) is 6.42 Å². The summed E-state index contributed by atoms with van der Waals surface area (Å²) in [6.07, 6.45) is 0.646. The molecular formula is C15H13FN2O. The van der Waals surface area contributed by atoms with E-state index in [1.807, 2.05) is 23.7 Å². The number of imidazole rings is 1. The highest BCUT2D eigenvalue weighted by molar-refractivity contribution is 5.76. The molecule has 1 heterocycles. The molecule has 0 radical (unpaired) electrons. The van der Waals surface area contributed by atoms with Crippen LogP contribution >= 0.6 is 0 Å². The van der Waals surface area contributed by atoms with Gasteiger partial charge < -0.3 is 9.67 Å². The van der Waals surface area contributed by atoms with Gasteiger partial charge in [0.1, 0.15) is 17.4 Å². The molecular weight excluding hydrogens is 243 g/mol. The minimum Gasteiger partial charge on any atom is -0.508 e. The summed E-state index contributed by atoms with van der Waals surface area (Å²) in [5.74, 6) is 0.837. The van der Waals surface area contributed by atoms with Crippen molar-refractivity contribution in [1.29, 1.82) is 0 Å². The Hall–Kier alpha value is -2.36. The van der Waals surface area contributed by atoms with Crippen LogP contribution in [0.15, 0.2) is 42.5 Å². The largest absolute Gasteiger partial charge is 0.508 e. The molecule has 3 aromatic rings. The van der Waals surface area contributed by atoms with Crippen molar-refractivity contribution < 1.29 is 9.50 Å². The van der Waals surface area contributed by atoms with Crippen molar-refractivity contribution in [2.24, 2.45) is 7.05 Å². The Bertz CT molecular complexity index is 732. The summed E-state index contributed by atoms with van der Waals surface area (Å²) in [5.41, 5.74) is 2.63. The van der Waals surface area contributed by atoms with E-state index in [1.165, 1.54) is 12.1 Å². The SMILES string of the molecule is Cn1c(Cc2ccc(O)cc2)nc2cc(F)ccc21. The van der Waals surface area contributed by atoms with E-state index in [0.717, 1.165) is 16.9 Å². The van der Waals surface area contributed by atoms with Gasteiger partial charge >= 0.3 is 0 Å². The molecule has 1 aromatic heterocycles. The molecule has 0 saturated carbocycles. The third kappa shape index (κ3) is 2.17. The molecule has 19 heavy (non-hydrogen) atoms. The van der Waals surface area contributed by atoms with Gasteiger partial charge in [-0.15, -0.1) is 0 Å². The Balaban J connectivity index is 2.01. The van der Waals surface area contributed by atoms with E-state index in [1.54, 1.807) is 18.2 Å². The number of rotatable bonds is 2. The van der Waals surface area contributed by atoms with Crippen molar-refractivity contribution in [1.82, 2.24) is 9.55 Å². The molecule has 0 aliphatic rings. The molecule has 1 N–H and O–H groups in total. The Morgan fingerprint density at radius 3 is 2.63 bits per heavy atom. The highest BCUT2D eigenvalue weighted by Gasteiger charge is 2.09. The predicted molar refractivity (Wildman–Crippen MR) is 71.6 cm³/mol. The Morgan fingerprint density at radius 1 is 1.16 bits per heavy atom. The molecule has 0 aliphatic carbocycles. The van der Waals surface area contributed by atoms with Crippen molar-refractivity contribution in [2.75, 3.05) is 0 Å². The van der Waals surface area contributed by atoms with Gasteiger partial charge in [0.25, 0.3) is 0 Å². The van der Waals surface area contributed by atoms with Gasteiger partial charge in [0.05, 0.1) is 11.0 Å². The van der Waals surface area contributed by atoms with Crippen LogP contribution in [0.5, 0.6) is 5.75 Å². The highest BCUT2D eigenvalue weighted by Crippen LogP contribution is 2.19. The zero-order chi connectivity index (χ0) is 13.4. The van der Waals surface area contributed by atoms with Gasteiger partial charge in [0.2, 0.25) is 0 Å². The van der Waals surface area contributed by atoms with E-state index in [0.29, 0.717) is 11.9 Å².